The maximum atomic E-state index is 12.0. The third kappa shape index (κ3) is 3.07. The number of rotatable bonds is 4. The molecule has 108 valence electrons. The monoisotopic (exact) mass is 313 g/mol. The van der Waals surface area contributed by atoms with Crippen molar-refractivity contribution in [2.45, 2.75) is 6.92 Å². The van der Waals surface area contributed by atoms with Crippen LogP contribution in [0.25, 0.3) is 10.2 Å². The van der Waals surface area contributed by atoms with Gasteiger partial charge in [0.25, 0.3) is 5.91 Å². The minimum atomic E-state index is -3.10. The fourth-order valence-corrected chi connectivity index (χ4v) is 3.33. The number of nitrogens with two attached hydrogens (primary N) is 1. The summed E-state index contributed by atoms with van der Waals surface area (Å²) >= 11 is 1.21. The molecule has 0 aliphatic heterocycles. The molecule has 1 amide bonds. The van der Waals surface area contributed by atoms with E-state index in [1.54, 1.807) is 6.20 Å². The van der Waals surface area contributed by atoms with Crippen molar-refractivity contribution in [3.05, 3.63) is 22.7 Å². The van der Waals surface area contributed by atoms with Gasteiger partial charge in [-0.2, -0.15) is 0 Å². The highest BCUT2D eigenvalue weighted by Gasteiger charge is 2.18. The lowest BCUT2D eigenvalue weighted by Gasteiger charge is -2.03. The molecule has 3 N–H and O–H groups in total. The summed E-state index contributed by atoms with van der Waals surface area (Å²) in [4.78, 5) is 17.3. The van der Waals surface area contributed by atoms with E-state index in [1.165, 1.54) is 11.3 Å². The lowest BCUT2D eigenvalue weighted by atomic mass is 10.2. The first-order valence-corrected chi connectivity index (χ1v) is 8.77. The Bertz CT molecular complexity index is 766. The number of carbonyl (C=O) groups excluding carboxylic acids is 1. The molecule has 0 saturated carbocycles. The van der Waals surface area contributed by atoms with E-state index >= 15 is 0 Å². The predicted octanol–water partition coefficient (Wildman–Crippen LogP) is 0.961. The fraction of sp³-hybridized carbons (Fsp3) is 0.333. The zero-order chi connectivity index (χ0) is 14.9. The highest BCUT2D eigenvalue weighted by atomic mass is 32.2. The van der Waals surface area contributed by atoms with Crippen molar-refractivity contribution in [2.75, 3.05) is 24.3 Å². The summed E-state index contributed by atoms with van der Waals surface area (Å²) in [5.41, 5.74) is 7.34. The van der Waals surface area contributed by atoms with Crippen molar-refractivity contribution in [3.63, 3.8) is 0 Å². The molecule has 20 heavy (non-hydrogen) atoms. The molecule has 0 unspecified atom stereocenters. The Balaban J connectivity index is 2.23. The van der Waals surface area contributed by atoms with E-state index in [0.717, 1.165) is 17.2 Å². The average molecular weight is 313 g/mol. The Labute approximate surface area is 120 Å². The zero-order valence-corrected chi connectivity index (χ0v) is 12.8. The molecule has 0 saturated heterocycles. The van der Waals surface area contributed by atoms with Gasteiger partial charge in [0.1, 0.15) is 19.5 Å². The molecule has 8 heteroatoms. The van der Waals surface area contributed by atoms with Gasteiger partial charge in [0.15, 0.2) is 0 Å². The van der Waals surface area contributed by atoms with Crippen molar-refractivity contribution in [1.82, 2.24) is 10.3 Å². The third-order valence-corrected chi connectivity index (χ3v) is 4.86. The van der Waals surface area contributed by atoms with Crippen LogP contribution in [-0.2, 0) is 9.84 Å². The number of nitrogens with zero attached hydrogens (tertiary/aromatic N) is 1. The third-order valence-electron chi connectivity index (χ3n) is 2.80. The van der Waals surface area contributed by atoms with E-state index in [9.17, 15) is 13.2 Å². The number of hydrogen-bond acceptors (Lipinski definition) is 6. The molecule has 0 fully saturated rings. The highest BCUT2D eigenvalue weighted by Crippen LogP contribution is 2.34. The summed E-state index contributed by atoms with van der Waals surface area (Å²) in [6.07, 6.45) is 2.79. The zero-order valence-electron chi connectivity index (χ0n) is 11.1. The van der Waals surface area contributed by atoms with Crippen molar-refractivity contribution in [3.8, 4) is 0 Å². The van der Waals surface area contributed by atoms with E-state index in [-0.39, 0.29) is 18.2 Å². The van der Waals surface area contributed by atoms with Gasteiger partial charge in [-0.1, -0.05) is 0 Å². The Morgan fingerprint density at radius 3 is 2.80 bits per heavy atom. The van der Waals surface area contributed by atoms with Crippen molar-refractivity contribution < 1.29 is 13.2 Å². The molecule has 2 aromatic heterocycles. The summed E-state index contributed by atoms with van der Waals surface area (Å²) in [5, 5.41) is 3.34. The van der Waals surface area contributed by atoms with Gasteiger partial charge in [0, 0.05) is 24.4 Å². The van der Waals surface area contributed by atoms with Crippen LogP contribution in [0.15, 0.2) is 12.3 Å². The molecule has 6 nitrogen and oxygen atoms in total. The molecule has 2 heterocycles. The molecular weight excluding hydrogens is 298 g/mol. The molecule has 2 rings (SSSR count). The first kappa shape index (κ1) is 14.7. The number of anilines is 1. The minimum Gasteiger partial charge on any atom is -0.397 e. The smallest absolute Gasteiger partial charge is 0.263 e. The second-order valence-corrected chi connectivity index (χ2v) is 7.80. The lowest BCUT2D eigenvalue weighted by Crippen LogP contribution is -2.28. The van der Waals surface area contributed by atoms with Crippen molar-refractivity contribution in [1.29, 1.82) is 0 Å². The first-order chi connectivity index (χ1) is 9.29. The fourth-order valence-electron chi connectivity index (χ4n) is 1.80. The van der Waals surface area contributed by atoms with Gasteiger partial charge >= 0.3 is 0 Å². The molecule has 2 aromatic rings. The Morgan fingerprint density at radius 1 is 1.50 bits per heavy atom. The van der Waals surface area contributed by atoms with Crippen molar-refractivity contribution >= 4 is 43.0 Å². The Kier molecular flexibility index (Phi) is 3.96. The number of aromatic nitrogens is 1. The number of nitrogens with one attached hydrogen (secondary N) is 1. The van der Waals surface area contributed by atoms with E-state index in [1.807, 2.05) is 13.0 Å². The average Bonchev–Trinajstić information content (AvgIpc) is 2.66. The maximum Gasteiger partial charge on any atom is 0.263 e. The van der Waals surface area contributed by atoms with Crippen LogP contribution in [0, 0.1) is 6.92 Å². The highest BCUT2D eigenvalue weighted by molar-refractivity contribution is 7.90. The second-order valence-electron chi connectivity index (χ2n) is 4.54. The van der Waals surface area contributed by atoms with Crippen LogP contribution < -0.4 is 11.1 Å². The molecule has 0 bridgehead atoms. The standard InChI is InChI=1S/C12H15N3O3S2/c1-7-3-4-15-12-8(7)9(13)10(19-12)11(16)14-5-6-20(2,17)18/h3-4H,5-6,13H2,1-2H3,(H,14,16). The van der Waals surface area contributed by atoms with E-state index < -0.39 is 9.84 Å². The van der Waals surface area contributed by atoms with Gasteiger partial charge in [-0.15, -0.1) is 11.3 Å². The number of amides is 1. The maximum absolute atomic E-state index is 12.0. The molecule has 0 spiro atoms. The molecule has 0 aromatic carbocycles. The number of hydrogen-bond donors (Lipinski definition) is 2. The normalized spacial score (nSPS) is 11.7. The summed E-state index contributed by atoms with van der Waals surface area (Å²) in [6.45, 7) is 1.97. The van der Waals surface area contributed by atoms with Gasteiger partial charge in [-0.25, -0.2) is 13.4 Å². The quantitative estimate of drug-likeness (QED) is 0.875. The summed E-state index contributed by atoms with van der Waals surface area (Å²) in [7, 11) is -3.10. The van der Waals surface area contributed by atoms with Crippen LogP contribution in [0.3, 0.4) is 0 Å². The van der Waals surface area contributed by atoms with Crippen LogP contribution in [0.1, 0.15) is 15.2 Å². The molecule has 0 radical (unpaired) electrons. The topological polar surface area (TPSA) is 102 Å². The number of aryl methyl sites for hydroxylation is 1. The number of sulfone groups is 1. The summed E-state index contributed by atoms with van der Waals surface area (Å²) in [5.74, 6) is -0.463. The molecular formula is C12H15N3O3S2. The second kappa shape index (κ2) is 5.37. The number of fused-ring (bicyclic) bond motifs is 1. The van der Waals surface area contributed by atoms with Crippen LogP contribution in [-0.4, -0.2) is 37.9 Å². The molecule has 0 aliphatic rings. The van der Waals surface area contributed by atoms with Gasteiger partial charge in [-0.3, -0.25) is 4.79 Å². The van der Waals surface area contributed by atoms with Crippen LogP contribution >= 0.6 is 11.3 Å². The van der Waals surface area contributed by atoms with Gasteiger partial charge < -0.3 is 11.1 Å². The van der Waals surface area contributed by atoms with E-state index in [2.05, 4.69) is 10.3 Å². The molecule has 0 aliphatic carbocycles. The van der Waals surface area contributed by atoms with Crippen LogP contribution in [0.4, 0.5) is 5.69 Å². The predicted molar refractivity (Wildman–Crippen MR) is 80.8 cm³/mol. The van der Waals surface area contributed by atoms with E-state index in [4.69, 9.17) is 5.73 Å². The van der Waals surface area contributed by atoms with Gasteiger partial charge in [-0.05, 0) is 18.6 Å². The Hall–Kier alpha value is -1.67. The summed E-state index contributed by atoms with van der Waals surface area (Å²) < 4.78 is 22.0. The number of thiophene rings is 1. The summed E-state index contributed by atoms with van der Waals surface area (Å²) in [6, 6.07) is 1.83. The minimum absolute atomic E-state index is 0.0672. The largest absolute Gasteiger partial charge is 0.397 e. The number of carbonyl (C=O) groups is 1. The molecule has 0 atom stereocenters. The first-order valence-electron chi connectivity index (χ1n) is 5.89. The van der Waals surface area contributed by atoms with Gasteiger partial charge in [0.2, 0.25) is 0 Å². The van der Waals surface area contributed by atoms with Gasteiger partial charge in [0.05, 0.1) is 11.4 Å². The lowest BCUT2D eigenvalue weighted by molar-refractivity contribution is 0.0961. The number of pyridine rings is 1. The van der Waals surface area contributed by atoms with Crippen LogP contribution in [0.2, 0.25) is 0 Å². The SMILES string of the molecule is Cc1ccnc2sc(C(=O)NCCS(C)(=O)=O)c(N)c12. The van der Waals surface area contributed by atoms with Crippen molar-refractivity contribution in [2.24, 2.45) is 0 Å². The van der Waals surface area contributed by atoms with Crippen LogP contribution in [0.5, 0.6) is 0 Å². The Morgan fingerprint density at radius 2 is 2.20 bits per heavy atom. The van der Waals surface area contributed by atoms with E-state index in [0.29, 0.717) is 15.4 Å². The number of nitrogen functional groups attached to an aromatic ring is 1.